The summed E-state index contributed by atoms with van der Waals surface area (Å²) < 4.78 is 33.5. The van der Waals surface area contributed by atoms with Gasteiger partial charge in [0.05, 0.1) is 13.2 Å². The van der Waals surface area contributed by atoms with E-state index >= 15 is 0 Å². The van der Waals surface area contributed by atoms with Gasteiger partial charge in [0, 0.05) is 6.04 Å². The van der Waals surface area contributed by atoms with E-state index in [-0.39, 0.29) is 28.5 Å². The number of ether oxygens (including phenoxy) is 1. The lowest BCUT2D eigenvalue weighted by Crippen LogP contribution is -2.48. The van der Waals surface area contributed by atoms with Gasteiger partial charge in [-0.25, -0.2) is 8.42 Å². The second-order valence-corrected chi connectivity index (χ2v) is 9.29. The van der Waals surface area contributed by atoms with Gasteiger partial charge < -0.3 is 10.1 Å². The zero-order valence-corrected chi connectivity index (χ0v) is 17.6. The minimum atomic E-state index is -3.89. The largest absolute Gasteiger partial charge is 0.495 e. The molecule has 7 heteroatoms. The predicted molar refractivity (Wildman–Crippen MR) is 106 cm³/mol. The number of amides is 1. The maximum atomic E-state index is 12.9. The fraction of sp³-hybridized carbons (Fsp3) is 0.650. The van der Waals surface area contributed by atoms with E-state index in [4.69, 9.17) is 4.74 Å². The van der Waals surface area contributed by atoms with Crippen molar-refractivity contribution in [2.75, 3.05) is 7.11 Å². The second-order valence-electron chi connectivity index (χ2n) is 7.61. The molecule has 152 valence electrons. The number of sulfonamides is 1. The van der Waals surface area contributed by atoms with Crippen molar-refractivity contribution in [3.8, 4) is 5.75 Å². The summed E-state index contributed by atoms with van der Waals surface area (Å²) in [7, 11) is -2.45. The highest BCUT2D eigenvalue weighted by atomic mass is 32.2. The van der Waals surface area contributed by atoms with Gasteiger partial charge in [0.25, 0.3) is 0 Å². The Morgan fingerprint density at radius 3 is 2.30 bits per heavy atom. The van der Waals surface area contributed by atoms with Crippen LogP contribution in [0, 0.1) is 0 Å². The van der Waals surface area contributed by atoms with Crippen LogP contribution in [0.25, 0.3) is 0 Å². The van der Waals surface area contributed by atoms with Crippen molar-refractivity contribution in [1.29, 1.82) is 0 Å². The fourth-order valence-corrected chi connectivity index (χ4v) is 4.77. The Bertz CT molecular complexity index is 738. The van der Waals surface area contributed by atoms with Crippen molar-refractivity contribution in [3.63, 3.8) is 0 Å². The van der Waals surface area contributed by atoms with Crippen LogP contribution in [0.2, 0.25) is 0 Å². The van der Waals surface area contributed by atoms with Gasteiger partial charge in [-0.05, 0) is 43.4 Å². The highest BCUT2D eigenvalue weighted by Crippen LogP contribution is 2.28. The molecule has 2 rings (SSSR count). The van der Waals surface area contributed by atoms with E-state index in [2.05, 4.69) is 10.0 Å². The molecule has 0 saturated heterocycles. The molecule has 2 N–H and O–H groups in total. The number of nitrogens with one attached hydrogen (secondary N) is 2. The molecule has 6 nitrogen and oxygen atoms in total. The van der Waals surface area contributed by atoms with Crippen LogP contribution >= 0.6 is 0 Å². The average molecular weight is 397 g/mol. The van der Waals surface area contributed by atoms with E-state index in [1.54, 1.807) is 19.1 Å². The van der Waals surface area contributed by atoms with Crippen LogP contribution in [-0.2, 0) is 14.8 Å². The summed E-state index contributed by atoms with van der Waals surface area (Å²) >= 11 is 0. The first-order valence-corrected chi connectivity index (χ1v) is 11.2. The molecular weight excluding hydrogens is 364 g/mol. The number of carbonyl (C=O) groups is 1. The van der Waals surface area contributed by atoms with Gasteiger partial charge in [-0.2, -0.15) is 4.72 Å². The minimum Gasteiger partial charge on any atom is -0.495 e. The molecule has 1 aliphatic rings. The summed E-state index contributed by atoms with van der Waals surface area (Å²) in [5.74, 6) is 0.161. The number of hydrogen-bond acceptors (Lipinski definition) is 4. The van der Waals surface area contributed by atoms with E-state index in [0.717, 1.165) is 31.2 Å². The molecule has 1 atom stereocenters. The Kier molecular flexibility index (Phi) is 7.68. The Morgan fingerprint density at radius 1 is 1.11 bits per heavy atom. The maximum Gasteiger partial charge on any atom is 0.244 e. The molecule has 1 aliphatic carbocycles. The van der Waals surface area contributed by atoms with Crippen molar-refractivity contribution in [2.24, 2.45) is 0 Å². The van der Waals surface area contributed by atoms with Crippen LogP contribution in [0.4, 0.5) is 0 Å². The first-order valence-electron chi connectivity index (χ1n) is 9.75. The van der Waals surface area contributed by atoms with Crippen molar-refractivity contribution in [2.45, 2.75) is 82.2 Å². The van der Waals surface area contributed by atoms with Gasteiger partial charge in [-0.1, -0.05) is 45.6 Å². The maximum absolute atomic E-state index is 12.9. The highest BCUT2D eigenvalue weighted by Gasteiger charge is 2.27. The highest BCUT2D eigenvalue weighted by molar-refractivity contribution is 7.89. The molecule has 0 heterocycles. The number of hydrogen-bond donors (Lipinski definition) is 2. The number of rotatable bonds is 7. The SMILES string of the molecule is COc1ccc(C(C)C)cc1S(=O)(=O)NC(C)C(=O)NC1CCCCCC1. The van der Waals surface area contributed by atoms with Crippen molar-refractivity contribution in [1.82, 2.24) is 10.0 Å². The van der Waals surface area contributed by atoms with E-state index in [9.17, 15) is 13.2 Å². The molecule has 27 heavy (non-hydrogen) atoms. The van der Waals surface area contributed by atoms with E-state index in [1.165, 1.54) is 20.0 Å². The molecular formula is C20H32N2O4S. The van der Waals surface area contributed by atoms with Crippen LogP contribution in [0.3, 0.4) is 0 Å². The van der Waals surface area contributed by atoms with Gasteiger partial charge >= 0.3 is 0 Å². The quantitative estimate of drug-likeness (QED) is 0.693. The molecule has 0 aliphatic heterocycles. The number of methoxy groups -OCH3 is 1. The molecule has 1 fully saturated rings. The lowest BCUT2D eigenvalue weighted by molar-refractivity contribution is -0.123. The van der Waals surface area contributed by atoms with Gasteiger partial charge in [0.2, 0.25) is 15.9 Å². The first kappa shape index (κ1) is 21.7. The van der Waals surface area contributed by atoms with Gasteiger partial charge in [-0.3, -0.25) is 4.79 Å². The molecule has 0 bridgehead atoms. The zero-order valence-electron chi connectivity index (χ0n) is 16.7. The Labute approximate surface area is 163 Å². The zero-order chi connectivity index (χ0) is 20.0. The van der Waals surface area contributed by atoms with Crippen molar-refractivity contribution in [3.05, 3.63) is 23.8 Å². The standard InChI is InChI=1S/C20H32N2O4S/c1-14(2)16-11-12-18(26-4)19(13-16)27(24,25)22-15(3)20(23)21-17-9-7-5-6-8-10-17/h11-15,17,22H,5-10H2,1-4H3,(H,21,23). The van der Waals surface area contributed by atoms with E-state index in [0.29, 0.717) is 0 Å². The third-order valence-electron chi connectivity index (χ3n) is 5.07. The van der Waals surface area contributed by atoms with Gasteiger partial charge in [0.15, 0.2) is 0 Å². The summed E-state index contributed by atoms with van der Waals surface area (Å²) in [6, 6.07) is 4.39. The predicted octanol–water partition coefficient (Wildman–Crippen LogP) is 3.32. The Morgan fingerprint density at radius 2 is 1.74 bits per heavy atom. The molecule has 1 saturated carbocycles. The van der Waals surface area contributed by atoms with Crippen LogP contribution < -0.4 is 14.8 Å². The van der Waals surface area contributed by atoms with Crippen molar-refractivity contribution >= 4 is 15.9 Å². The second kappa shape index (κ2) is 9.55. The molecule has 1 unspecified atom stereocenters. The first-order chi connectivity index (χ1) is 12.7. The molecule has 1 aromatic carbocycles. The third-order valence-corrected chi connectivity index (χ3v) is 6.63. The summed E-state index contributed by atoms with van der Waals surface area (Å²) in [5.41, 5.74) is 0.895. The van der Waals surface area contributed by atoms with Crippen LogP contribution in [0.5, 0.6) is 5.75 Å². The molecule has 1 aromatic rings. The van der Waals surface area contributed by atoms with Crippen LogP contribution in [0.15, 0.2) is 23.1 Å². The summed E-state index contributed by atoms with van der Waals surface area (Å²) in [6.45, 7) is 5.56. The van der Waals surface area contributed by atoms with Crippen molar-refractivity contribution < 1.29 is 17.9 Å². The summed E-state index contributed by atoms with van der Waals surface area (Å²) in [6.07, 6.45) is 6.50. The van der Waals surface area contributed by atoms with E-state index < -0.39 is 16.1 Å². The summed E-state index contributed by atoms with van der Waals surface area (Å²) in [4.78, 5) is 12.6. The summed E-state index contributed by atoms with van der Waals surface area (Å²) in [5, 5.41) is 2.99. The molecule has 0 spiro atoms. The third kappa shape index (κ3) is 5.94. The smallest absolute Gasteiger partial charge is 0.244 e. The number of carbonyl (C=O) groups excluding carboxylic acids is 1. The van der Waals surface area contributed by atoms with Crippen LogP contribution in [-0.4, -0.2) is 33.5 Å². The van der Waals surface area contributed by atoms with Gasteiger partial charge in [-0.15, -0.1) is 0 Å². The normalized spacial score (nSPS) is 17.4. The lowest BCUT2D eigenvalue weighted by Gasteiger charge is -2.21. The Balaban J connectivity index is 2.12. The van der Waals surface area contributed by atoms with Gasteiger partial charge in [0.1, 0.15) is 10.6 Å². The fourth-order valence-electron chi connectivity index (χ4n) is 3.36. The number of benzene rings is 1. The minimum absolute atomic E-state index is 0.0605. The lowest BCUT2D eigenvalue weighted by atomic mass is 10.0. The molecule has 0 radical (unpaired) electrons. The van der Waals surface area contributed by atoms with Crippen LogP contribution in [0.1, 0.15) is 70.8 Å². The Hall–Kier alpha value is -1.60. The monoisotopic (exact) mass is 396 g/mol. The average Bonchev–Trinajstić information content (AvgIpc) is 2.89. The van der Waals surface area contributed by atoms with E-state index in [1.807, 2.05) is 19.9 Å². The topological polar surface area (TPSA) is 84.5 Å². The molecule has 1 amide bonds. The molecule has 0 aromatic heterocycles.